The second-order valence-electron chi connectivity index (χ2n) is 8.38. The number of ether oxygens (including phenoxy) is 1. The van der Waals surface area contributed by atoms with E-state index in [1.165, 1.54) is 19.3 Å². The fourth-order valence-electron chi connectivity index (χ4n) is 3.53. The van der Waals surface area contributed by atoms with E-state index in [0.29, 0.717) is 23.6 Å². The number of rotatable bonds is 3. The van der Waals surface area contributed by atoms with E-state index in [4.69, 9.17) is 4.74 Å². The summed E-state index contributed by atoms with van der Waals surface area (Å²) in [5, 5.41) is 3.75. The first-order valence-corrected chi connectivity index (χ1v) is 8.36. The van der Waals surface area contributed by atoms with Gasteiger partial charge in [-0.25, -0.2) is 0 Å². The molecular formula is C17H34N2O. The van der Waals surface area contributed by atoms with Crippen LogP contribution in [-0.2, 0) is 4.74 Å². The maximum Gasteiger partial charge on any atom is 0.0710 e. The van der Waals surface area contributed by atoms with Crippen LogP contribution >= 0.6 is 0 Å². The van der Waals surface area contributed by atoms with Crippen molar-refractivity contribution in [3.8, 4) is 0 Å². The standard InChI is InChI=1S/C17H34N2O/c1-7-13-10-18-15(16(2,3)4)12-19(13)11-14-8-9-17(5,6)20-14/h13-15,18H,7-12H2,1-6H3. The highest BCUT2D eigenvalue weighted by atomic mass is 16.5. The Balaban J connectivity index is 1.96. The monoisotopic (exact) mass is 282 g/mol. The van der Waals surface area contributed by atoms with E-state index in [9.17, 15) is 0 Å². The molecular weight excluding hydrogens is 248 g/mol. The predicted octanol–water partition coefficient (Wildman–Crippen LogP) is 3.04. The molecule has 0 aromatic carbocycles. The van der Waals surface area contributed by atoms with E-state index in [-0.39, 0.29) is 5.60 Å². The molecule has 0 spiro atoms. The fourth-order valence-corrected chi connectivity index (χ4v) is 3.53. The van der Waals surface area contributed by atoms with Crippen LogP contribution in [0.25, 0.3) is 0 Å². The van der Waals surface area contributed by atoms with Crippen molar-refractivity contribution >= 4 is 0 Å². The van der Waals surface area contributed by atoms with E-state index in [2.05, 4.69) is 51.8 Å². The summed E-state index contributed by atoms with van der Waals surface area (Å²) < 4.78 is 6.20. The predicted molar refractivity (Wildman–Crippen MR) is 85.1 cm³/mol. The molecule has 0 aromatic heterocycles. The van der Waals surface area contributed by atoms with E-state index in [0.717, 1.165) is 19.6 Å². The molecule has 2 rings (SSSR count). The third kappa shape index (κ3) is 3.96. The second kappa shape index (κ2) is 5.94. The zero-order valence-corrected chi connectivity index (χ0v) is 14.3. The van der Waals surface area contributed by atoms with Gasteiger partial charge in [-0.15, -0.1) is 0 Å². The molecule has 2 aliphatic heterocycles. The van der Waals surface area contributed by atoms with Gasteiger partial charge in [-0.3, -0.25) is 4.90 Å². The van der Waals surface area contributed by atoms with E-state index < -0.39 is 0 Å². The van der Waals surface area contributed by atoms with Crippen LogP contribution in [0.1, 0.15) is 60.8 Å². The number of hydrogen-bond acceptors (Lipinski definition) is 3. The Labute approximate surface area is 125 Å². The van der Waals surface area contributed by atoms with Crippen molar-refractivity contribution in [2.45, 2.75) is 84.6 Å². The summed E-state index contributed by atoms with van der Waals surface area (Å²) in [6.45, 7) is 17.1. The maximum absolute atomic E-state index is 6.20. The van der Waals surface area contributed by atoms with Gasteiger partial charge in [0.2, 0.25) is 0 Å². The quantitative estimate of drug-likeness (QED) is 0.861. The first-order chi connectivity index (χ1) is 9.21. The molecule has 3 atom stereocenters. The van der Waals surface area contributed by atoms with Crippen LogP contribution in [0.3, 0.4) is 0 Å². The van der Waals surface area contributed by atoms with Crippen molar-refractivity contribution in [2.75, 3.05) is 19.6 Å². The van der Waals surface area contributed by atoms with Gasteiger partial charge in [0.25, 0.3) is 0 Å². The van der Waals surface area contributed by atoms with Crippen LogP contribution in [0.4, 0.5) is 0 Å². The zero-order valence-electron chi connectivity index (χ0n) is 14.3. The first-order valence-electron chi connectivity index (χ1n) is 8.36. The number of nitrogens with one attached hydrogen (secondary N) is 1. The smallest absolute Gasteiger partial charge is 0.0710 e. The Morgan fingerprint density at radius 3 is 2.50 bits per heavy atom. The van der Waals surface area contributed by atoms with Gasteiger partial charge in [0.15, 0.2) is 0 Å². The topological polar surface area (TPSA) is 24.5 Å². The van der Waals surface area contributed by atoms with Gasteiger partial charge in [0, 0.05) is 31.7 Å². The molecule has 2 aliphatic rings. The van der Waals surface area contributed by atoms with Gasteiger partial charge in [-0.1, -0.05) is 27.7 Å². The number of piperazine rings is 1. The summed E-state index contributed by atoms with van der Waals surface area (Å²) in [5.74, 6) is 0. The van der Waals surface area contributed by atoms with E-state index in [1.807, 2.05) is 0 Å². The van der Waals surface area contributed by atoms with Crippen molar-refractivity contribution in [3.05, 3.63) is 0 Å². The molecule has 3 unspecified atom stereocenters. The lowest BCUT2D eigenvalue weighted by Gasteiger charge is -2.45. The van der Waals surface area contributed by atoms with Gasteiger partial charge < -0.3 is 10.1 Å². The van der Waals surface area contributed by atoms with Gasteiger partial charge in [-0.2, -0.15) is 0 Å². The average Bonchev–Trinajstić information content (AvgIpc) is 2.67. The SMILES string of the molecule is CCC1CNC(C(C)(C)C)CN1CC1CCC(C)(C)O1. The van der Waals surface area contributed by atoms with Crippen molar-refractivity contribution in [2.24, 2.45) is 5.41 Å². The normalized spacial score (nSPS) is 35.4. The lowest BCUT2D eigenvalue weighted by molar-refractivity contribution is -0.0420. The Kier molecular flexibility index (Phi) is 4.83. The number of hydrogen-bond donors (Lipinski definition) is 1. The molecule has 20 heavy (non-hydrogen) atoms. The van der Waals surface area contributed by atoms with Crippen LogP contribution in [0.2, 0.25) is 0 Å². The molecule has 118 valence electrons. The van der Waals surface area contributed by atoms with Crippen molar-refractivity contribution < 1.29 is 4.74 Å². The summed E-state index contributed by atoms with van der Waals surface area (Å²) in [6, 6.07) is 1.25. The van der Waals surface area contributed by atoms with Crippen molar-refractivity contribution in [3.63, 3.8) is 0 Å². The van der Waals surface area contributed by atoms with Crippen LogP contribution in [0.5, 0.6) is 0 Å². The Bertz CT molecular complexity index is 321. The van der Waals surface area contributed by atoms with Gasteiger partial charge in [0.05, 0.1) is 11.7 Å². The van der Waals surface area contributed by atoms with Gasteiger partial charge in [0.1, 0.15) is 0 Å². The summed E-state index contributed by atoms with van der Waals surface area (Å²) in [4.78, 5) is 2.68. The Morgan fingerprint density at radius 1 is 1.30 bits per heavy atom. The van der Waals surface area contributed by atoms with E-state index >= 15 is 0 Å². The second-order valence-corrected chi connectivity index (χ2v) is 8.38. The van der Waals surface area contributed by atoms with Crippen molar-refractivity contribution in [1.82, 2.24) is 10.2 Å². The van der Waals surface area contributed by atoms with Crippen LogP contribution in [-0.4, -0.2) is 48.3 Å². The molecule has 0 radical (unpaired) electrons. The zero-order chi connectivity index (χ0) is 15.0. The van der Waals surface area contributed by atoms with Crippen LogP contribution in [0, 0.1) is 5.41 Å². The van der Waals surface area contributed by atoms with Crippen LogP contribution < -0.4 is 5.32 Å². The average molecular weight is 282 g/mol. The molecule has 2 heterocycles. The Hall–Kier alpha value is -0.120. The third-order valence-electron chi connectivity index (χ3n) is 5.04. The lowest BCUT2D eigenvalue weighted by atomic mass is 9.84. The molecule has 0 bridgehead atoms. The molecule has 3 heteroatoms. The summed E-state index contributed by atoms with van der Waals surface area (Å²) >= 11 is 0. The minimum Gasteiger partial charge on any atom is -0.371 e. The molecule has 2 fully saturated rings. The van der Waals surface area contributed by atoms with E-state index in [1.54, 1.807) is 0 Å². The highest BCUT2D eigenvalue weighted by Crippen LogP contribution is 2.31. The van der Waals surface area contributed by atoms with Gasteiger partial charge in [-0.05, 0) is 38.5 Å². The fraction of sp³-hybridized carbons (Fsp3) is 1.00. The summed E-state index contributed by atoms with van der Waals surface area (Å²) in [6.07, 6.45) is 4.06. The third-order valence-corrected chi connectivity index (χ3v) is 5.04. The minimum absolute atomic E-state index is 0.0871. The van der Waals surface area contributed by atoms with Crippen molar-refractivity contribution in [1.29, 1.82) is 0 Å². The largest absolute Gasteiger partial charge is 0.371 e. The molecule has 0 saturated carbocycles. The number of nitrogens with zero attached hydrogens (tertiary/aromatic N) is 1. The highest BCUT2D eigenvalue weighted by Gasteiger charge is 2.37. The summed E-state index contributed by atoms with van der Waals surface area (Å²) in [5.41, 5.74) is 0.413. The highest BCUT2D eigenvalue weighted by molar-refractivity contribution is 4.93. The van der Waals surface area contributed by atoms with Gasteiger partial charge >= 0.3 is 0 Å². The first kappa shape index (κ1) is 16.3. The van der Waals surface area contributed by atoms with Crippen LogP contribution in [0.15, 0.2) is 0 Å². The maximum atomic E-state index is 6.20. The Morgan fingerprint density at radius 2 is 2.00 bits per heavy atom. The molecule has 0 aliphatic carbocycles. The summed E-state index contributed by atoms with van der Waals surface area (Å²) in [7, 11) is 0. The minimum atomic E-state index is 0.0871. The lowest BCUT2D eigenvalue weighted by Crippen LogP contribution is -2.61. The molecule has 0 amide bonds. The molecule has 0 aromatic rings. The molecule has 3 nitrogen and oxygen atoms in total. The molecule has 2 saturated heterocycles. The molecule has 1 N–H and O–H groups in total.